The first-order chi connectivity index (χ1) is 4.54. The van der Waals surface area contributed by atoms with Crippen LogP contribution in [0.5, 0.6) is 0 Å². The fraction of sp³-hybridized carbons (Fsp3) is 0. The summed E-state index contributed by atoms with van der Waals surface area (Å²) >= 11 is 0. The average molecular weight is 142 g/mol. The predicted molar refractivity (Wildman–Crippen MR) is 38.8 cm³/mol. The minimum Gasteiger partial charge on any atom is -0.366 e. The minimum atomic E-state index is -0.481. The Labute approximate surface area is 59.2 Å². The summed E-state index contributed by atoms with van der Waals surface area (Å²) < 4.78 is 0. The van der Waals surface area contributed by atoms with Crippen molar-refractivity contribution in [2.45, 2.75) is 0 Å². The Morgan fingerprint density at radius 3 is 1.10 bits per heavy atom. The number of carbonyl (C=O) groups is 2. The van der Waals surface area contributed by atoms with Gasteiger partial charge in [0.05, 0.1) is 0 Å². The highest BCUT2D eigenvalue weighted by Crippen LogP contribution is 1.49. The minimum absolute atomic E-state index is 0.481. The first kappa shape index (κ1) is 11.2. The van der Waals surface area contributed by atoms with E-state index in [0.717, 1.165) is 12.2 Å². The molecule has 0 aromatic rings. The molecule has 4 N–H and O–H groups in total. The van der Waals surface area contributed by atoms with Gasteiger partial charge in [0.25, 0.3) is 0 Å². The lowest BCUT2D eigenvalue weighted by Crippen LogP contribution is -2.04. The predicted octanol–water partition coefficient (Wildman–Crippen LogP) is -0.685. The highest BCUT2D eigenvalue weighted by atomic mass is 16.1. The van der Waals surface area contributed by atoms with Crippen LogP contribution >= 0.6 is 0 Å². The first-order valence-corrected chi connectivity index (χ1v) is 2.38. The topological polar surface area (TPSA) is 86.2 Å². The molecule has 0 bridgehead atoms. The van der Waals surface area contributed by atoms with E-state index in [2.05, 4.69) is 24.6 Å². The number of hydrogen-bond acceptors (Lipinski definition) is 2. The van der Waals surface area contributed by atoms with Crippen molar-refractivity contribution in [1.82, 2.24) is 0 Å². The van der Waals surface area contributed by atoms with Gasteiger partial charge in [-0.25, -0.2) is 0 Å². The summed E-state index contributed by atoms with van der Waals surface area (Å²) in [6.07, 6.45) is 2.11. The Balaban J connectivity index is 0. The SMILES string of the molecule is C=CC(N)=O.C=CC(N)=O. The molecule has 10 heavy (non-hydrogen) atoms. The van der Waals surface area contributed by atoms with Crippen molar-refractivity contribution >= 4 is 11.8 Å². The zero-order valence-electron chi connectivity index (χ0n) is 5.54. The van der Waals surface area contributed by atoms with Crippen LogP contribution in [0.2, 0.25) is 0 Å². The van der Waals surface area contributed by atoms with Crippen LogP contribution in [0.3, 0.4) is 0 Å². The third-order valence-electron chi connectivity index (χ3n) is 0.402. The lowest BCUT2D eigenvalue weighted by molar-refractivity contribution is -0.114. The van der Waals surface area contributed by atoms with Crippen LogP contribution in [0.4, 0.5) is 0 Å². The van der Waals surface area contributed by atoms with Gasteiger partial charge in [0.2, 0.25) is 11.8 Å². The van der Waals surface area contributed by atoms with Gasteiger partial charge in [0, 0.05) is 0 Å². The first-order valence-electron chi connectivity index (χ1n) is 2.38. The third-order valence-corrected chi connectivity index (χ3v) is 0.402. The Bertz CT molecular complexity index is 134. The van der Waals surface area contributed by atoms with Crippen LogP contribution in [0.15, 0.2) is 25.3 Å². The van der Waals surface area contributed by atoms with Crippen LogP contribution in [0, 0.1) is 0 Å². The molecule has 0 unspecified atom stereocenters. The molecule has 0 atom stereocenters. The van der Waals surface area contributed by atoms with Crippen molar-refractivity contribution in [2.75, 3.05) is 0 Å². The molecule has 0 saturated carbocycles. The van der Waals surface area contributed by atoms with Crippen molar-refractivity contribution in [3.05, 3.63) is 25.3 Å². The summed E-state index contributed by atoms with van der Waals surface area (Å²) in [7, 11) is 0. The molecule has 0 aromatic heterocycles. The molecule has 0 aliphatic heterocycles. The molecule has 0 heterocycles. The second kappa shape index (κ2) is 7.42. The molecule has 4 heteroatoms. The zero-order chi connectivity index (χ0) is 8.57. The van der Waals surface area contributed by atoms with Crippen molar-refractivity contribution in [1.29, 1.82) is 0 Å². The van der Waals surface area contributed by atoms with Crippen LogP contribution in [-0.2, 0) is 9.59 Å². The molecule has 4 nitrogen and oxygen atoms in total. The van der Waals surface area contributed by atoms with E-state index in [0.29, 0.717) is 0 Å². The average Bonchev–Trinajstić information content (AvgIpc) is 1.89. The molecule has 0 radical (unpaired) electrons. The van der Waals surface area contributed by atoms with Gasteiger partial charge in [-0.05, 0) is 12.2 Å². The Hall–Kier alpha value is -1.58. The van der Waals surface area contributed by atoms with Gasteiger partial charge in [-0.2, -0.15) is 0 Å². The Morgan fingerprint density at radius 2 is 1.10 bits per heavy atom. The lowest BCUT2D eigenvalue weighted by Gasteiger charge is -1.65. The third kappa shape index (κ3) is 32.2. The number of amides is 2. The summed E-state index contributed by atoms with van der Waals surface area (Å²) in [6.45, 7) is 6.17. The molecule has 2 amide bonds. The molecular formula is C6H10N2O2. The van der Waals surface area contributed by atoms with Crippen molar-refractivity contribution < 1.29 is 9.59 Å². The molecule has 0 saturated heterocycles. The number of hydrogen-bond donors (Lipinski definition) is 2. The maximum Gasteiger partial charge on any atom is 0.240 e. The van der Waals surface area contributed by atoms with Gasteiger partial charge in [0.15, 0.2) is 0 Å². The quantitative estimate of drug-likeness (QED) is 0.500. The second-order valence-corrected chi connectivity index (χ2v) is 1.21. The van der Waals surface area contributed by atoms with E-state index < -0.39 is 11.8 Å². The normalized spacial score (nSPS) is 6.40. The number of nitrogens with two attached hydrogens (primary N) is 2. The zero-order valence-corrected chi connectivity index (χ0v) is 5.54. The summed E-state index contributed by atoms with van der Waals surface area (Å²) in [6, 6.07) is 0. The van der Waals surface area contributed by atoms with E-state index in [4.69, 9.17) is 0 Å². The number of primary amides is 2. The van der Waals surface area contributed by atoms with Gasteiger partial charge in [-0.1, -0.05) is 13.2 Å². The van der Waals surface area contributed by atoms with Gasteiger partial charge in [0.1, 0.15) is 0 Å². The highest BCUT2D eigenvalue weighted by molar-refractivity contribution is 5.85. The van der Waals surface area contributed by atoms with Crippen LogP contribution in [0.25, 0.3) is 0 Å². The summed E-state index contributed by atoms with van der Waals surface area (Å²) in [5.74, 6) is -0.963. The van der Waals surface area contributed by atoms with Gasteiger partial charge in [-0.3, -0.25) is 9.59 Å². The molecule has 0 aliphatic rings. The molecular weight excluding hydrogens is 132 g/mol. The maximum absolute atomic E-state index is 9.47. The Kier molecular flexibility index (Phi) is 8.35. The van der Waals surface area contributed by atoms with E-state index in [-0.39, 0.29) is 0 Å². The Morgan fingerprint density at radius 1 is 1.00 bits per heavy atom. The fourth-order valence-electron chi connectivity index (χ4n) is 0. The maximum atomic E-state index is 9.47. The number of rotatable bonds is 2. The van der Waals surface area contributed by atoms with E-state index in [1.807, 2.05) is 0 Å². The van der Waals surface area contributed by atoms with Gasteiger partial charge in [-0.15, -0.1) is 0 Å². The molecule has 0 spiro atoms. The molecule has 56 valence electrons. The van der Waals surface area contributed by atoms with E-state index >= 15 is 0 Å². The van der Waals surface area contributed by atoms with Crippen molar-refractivity contribution in [3.8, 4) is 0 Å². The van der Waals surface area contributed by atoms with E-state index in [1.54, 1.807) is 0 Å². The van der Waals surface area contributed by atoms with Gasteiger partial charge < -0.3 is 11.5 Å². The van der Waals surface area contributed by atoms with Crippen molar-refractivity contribution in [3.63, 3.8) is 0 Å². The highest BCUT2D eigenvalue weighted by Gasteiger charge is 1.69. The standard InChI is InChI=1S/2C3H5NO/c2*1-2-3(4)5/h2*2H,1H2,(H2,4,5). The lowest BCUT2D eigenvalue weighted by atomic mass is 10.6. The summed E-state index contributed by atoms with van der Waals surface area (Å²) in [4.78, 5) is 18.9. The largest absolute Gasteiger partial charge is 0.366 e. The second-order valence-electron chi connectivity index (χ2n) is 1.21. The molecule has 0 aliphatic carbocycles. The summed E-state index contributed by atoms with van der Waals surface area (Å²) in [5, 5.41) is 0. The monoisotopic (exact) mass is 142 g/mol. The summed E-state index contributed by atoms with van der Waals surface area (Å²) in [5.41, 5.74) is 9.07. The number of carbonyl (C=O) groups excluding carboxylic acids is 2. The fourth-order valence-corrected chi connectivity index (χ4v) is 0. The molecule has 0 aromatic carbocycles. The van der Waals surface area contributed by atoms with Crippen LogP contribution in [0.1, 0.15) is 0 Å². The van der Waals surface area contributed by atoms with Crippen molar-refractivity contribution in [2.24, 2.45) is 11.5 Å². The van der Waals surface area contributed by atoms with Crippen LogP contribution in [-0.4, -0.2) is 11.8 Å². The van der Waals surface area contributed by atoms with E-state index in [9.17, 15) is 9.59 Å². The molecule has 0 rings (SSSR count). The smallest absolute Gasteiger partial charge is 0.240 e. The van der Waals surface area contributed by atoms with Gasteiger partial charge >= 0.3 is 0 Å². The van der Waals surface area contributed by atoms with E-state index in [1.165, 1.54) is 0 Å². The molecule has 0 fully saturated rings. The van der Waals surface area contributed by atoms with Crippen LogP contribution < -0.4 is 11.5 Å².